The minimum Gasteiger partial charge on any atom is -0.383 e. The summed E-state index contributed by atoms with van der Waals surface area (Å²) in [6.45, 7) is 1.61. The first kappa shape index (κ1) is 13.7. The molecule has 0 atom stereocenters. The lowest BCUT2D eigenvalue weighted by atomic mass is 10.1. The second kappa shape index (κ2) is 6.46. The Morgan fingerprint density at radius 3 is 2.67 bits per heavy atom. The van der Waals surface area contributed by atoms with Crippen LogP contribution in [0, 0.1) is 0 Å². The molecule has 2 aromatic carbocycles. The molecule has 0 aliphatic carbocycles. The SMILES string of the molecule is Clc1cccc(NCCn2cc(-c3ccccc3)cn2)c1. The molecule has 4 heteroatoms. The number of hydrogen-bond donors (Lipinski definition) is 1. The molecular formula is C17H16ClN3. The highest BCUT2D eigenvalue weighted by Gasteiger charge is 2.01. The highest BCUT2D eigenvalue weighted by molar-refractivity contribution is 6.30. The van der Waals surface area contributed by atoms with Crippen molar-refractivity contribution in [1.29, 1.82) is 0 Å². The van der Waals surface area contributed by atoms with E-state index < -0.39 is 0 Å². The molecule has 0 saturated heterocycles. The van der Waals surface area contributed by atoms with Crippen LogP contribution in [0.3, 0.4) is 0 Å². The molecule has 3 nitrogen and oxygen atoms in total. The Balaban J connectivity index is 1.58. The third-order valence-electron chi connectivity index (χ3n) is 3.24. The smallest absolute Gasteiger partial charge is 0.0582 e. The van der Waals surface area contributed by atoms with E-state index in [9.17, 15) is 0 Å². The number of rotatable bonds is 5. The van der Waals surface area contributed by atoms with Crippen LogP contribution in [-0.2, 0) is 6.54 Å². The number of nitrogens with one attached hydrogen (secondary N) is 1. The van der Waals surface area contributed by atoms with Gasteiger partial charge in [0.2, 0.25) is 0 Å². The van der Waals surface area contributed by atoms with Gasteiger partial charge in [-0.2, -0.15) is 5.10 Å². The first-order valence-electron chi connectivity index (χ1n) is 6.88. The standard InChI is InChI=1S/C17H16ClN3/c18-16-7-4-8-17(11-16)19-9-10-21-13-15(12-20-21)14-5-2-1-3-6-14/h1-8,11-13,19H,9-10H2. The zero-order chi connectivity index (χ0) is 14.5. The monoisotopic (exact) mass is 297 g/mol. The fraction of sp³-hybridized carbons (Fsp3) is 0.118. The van der Waals surface area contributed by atoms with Crippen LogP contribution in [0.4, 0.5) is 5.69 Å². The molecule has 0 saturated carbocycles. The summed E-state index contributed by atoms with van der Waals surface area (Å²) in [5.74, 6) is 0. The van der Waals surface area contributed by atoms with E-state index >= 15 is 0 Å². The Kier molecular flexibility index (Phi) is 4.22. The van der Waals surface area contributed by atoms with Crippen molar-refractivity contribution in [2.75, 3.05) is 11.9 Å². The Morgan fingerprint density at radius 2 is 1.86 bits per heavy atom. The molecule has 0 amide bonds. The van der Waals surface area contributed by atoms with Gasteiger partial charge in [0.1, 0.15) is 0 Å². The summed E-state index contributed by atoms with van der Waals surface area (Å²) >= 11 is 5.95. The molecule has 0 radical (unpaired) electrons. The van der Waals surface area contributed by atoms with Gasteiger partial charge in [0.15, 0.2) is 0 Å². The van der Waals surface area contributed by atoms with Gasteiger partial charge < -0.3 is 5.32 Å². The molecular weight excluding hydrogens is 282 g/mol. The molecule has 1 aromatic heterocycles. The van der Waals surface area contributed by atoms with E-state index in [2.05, 4.69) is 28.7 Å². The van der Waals surface area contributed by atoms with Gasteiger partial charge in [-0.3, -0.25) is 4.68 Å². The van der Waals surface area contributed by atoms with E-state index in [-0.39, 0.29) is 0 Å². The average molecular weight is 298 g/mol. The fourth-order valence-electron chi connectivity index (χ4n) is 2.18. The van der Waals surface area contributed by atoms with E-state index in [0.29, 0.717) is 0 Å². The van der Waals surface area contributed by atoms with Crippen LogP contribution < -0.4 is 5.32 Å². The quantitative estimate of drug-likeness (QED) is 0.760. The van der Waals surface area contributed by atoms with Gasteiger partial charge in [0.05, 0.1) is 12.7 Å². The summed E-state index contributed by atoms with van der Waals surface area (Å²) in [6.07, 6.45) is 3.96. The Labute approximate surface area is 129 Å². The molecule has 0 unspecified atom stereocenters. The lowest BCUT2D eigenvalue weighted by Crippen LogP contribution is -2.10. The van der Waals surface area contributed by atoms with E-state index in [4.69, 9.17) is 11.6 Å². The molecule has 21 heavy (non-hydrogen) atoms. The van der Waals surface area contributed by atoms with Crippen molar-refractivity contribution in [1.82, 2.24) is 9.78 Å². The van der Waals surface area contributed by atoms with Gasteiger partial charge in [-0.05, 0) is 23.8 Å². The minimum absolute atomic E-state index is 0.741. The number of benzene rings is 2. The zero-order valence-electron chi connectivity index (χ0n) is 11.5. The number of aromatic nitrogens is 2. The van der Waals surface area contributed by atoms with Crippen LogP contribution in [0.15, 0.2) is 67.0 Å². The van der Waals surface area contributed by atoms with Crippen molar-refractivity contribution in [3.05, 3.63) is 72.0 Å². The first-order chi connectivity index (χ1) is 10.3. The van der Waals surface area contributed by atoms with Crippen molar-refractivity contribution >= 4 is 17.3 Å². The Morgan fingerprint density at radius 1 is 1.00 bits per heavy atom. The van der Waals surface area contributed by atoms with Crippen LogP contribution in [0.5, 0.6) is 0 Å². The number of nitrogens with zero attached hydrogens (tertiary/aromatic N) is 2. The van der Waals surface area contributed by atoms with Crippen LogP contribution in [0.25, 0.3) is 11.1 Å². The molecule has 1 heterocycles. The summed E-state index contributed by atoms with van der Waals surface area (Å²) in [5.41, 5.74) is 3.35. The average Bonchev–Trinajstić information content (AvgIpc) is 2.97. The van der Waals surface area contributed by atoms with Crippen molar-refractivity contribution in [2.45, 2.75) is 6.54 Å². The van der Waals surface area contributed by atoms with Crippen molar-refractivity contribution in [3.8, 4) is 11.1 Å². The summed E-state index contributed by atoms with van der Waals surface area (Å²) in [5, 5.41) is 8.47. The Bertz CT molecular complexity index is 707. The van der Waals surface area contributed by atoms with Gasteiger partial charge in [0.25, 0.3) is 0 Å². The molecule has 0 bridgehead atoms. The predicted octanol–water partition coefficient (Wildman–Crippen LogP) is 4.32. The highest BCUT2D eigenvalue weighted by Crippen LogP contribution is 2.17. The third-order valence-corrected chi connectivity index (χ3v) is 3.47. The summed E-state index contributed by atoms with van der Waals surface area (Å²) < 4.78 is 1.94. The van der Waals surface area contributed by atoms with E-state index in [1.165, 1.54) is 5.56 Å². The van der Waals surface area contributed by atoms with Crippen LogP contribution in [0.2, 0.25) is 5.02 Å². The van der Waals surface area contributed by atoms with E-state index in [1.807, 2.05) is 53.3 Å². The minimum atomic E-state index is 0.741. The van der Waals surface area contributed by atoms with Crippen molar-refractivity contribution < 1.29 is 0 Å². The molecule has 1 N–H and O–H groups in total. The molecule has 106 valence electrons. The molecule has 3 rings (SSSR count). The van der Waals surface area contributed by atoms with Crippen LogP contribution >= 0.6 is 11.6 Å². The van der Waals surface area contributed by atoms with E-state index in [0.717, 1.165) is 29.4 Å². The van der Waals surface area contributed by atoms with Gasteiger partial charge in [-0.25, -0.2) is 0 Å². The second-order valence-corrected chi connectivity index (χ2v) is 5.23. The fourth-order valence-corrected chi connectivity index (χ4v) is 2.37. The third kappa shape index (κ3) is 3.64. The maximum Gasteiger partial charge on any atom is 0.0582 e. The normalized spacial score (nSPS) is 10.5. The zero-order valence-corrected chi connectivity index (χ0v) is 12.3. The first-order valence-corrected chi connectivity index (χ1v) is 7.26. The molecule has 0 aliphatic rings. The second-order valence-electron chi connectivity index (χ2n) is 4.80. The van der Waals surface area contributed by atoms with Gasteiger partial charge >= 0.3 is 0 Å². The van der Waals surface area contributed by atoms with Crippen molar-refractivity contribution in [2.24, 2.45) is 0 Å². The van der Waals surface area contributed by atoms with Gasteiger partial charge in [0, 0.05) is 29.0 Å². The number of hydrogen-bond acceptors (Lipinski definition) is 2. The lowest BCUT2D eigenvalue weighted by molar-refractivity contribution is 0.638. The Hall–Kier alpha value is -2.26. The van der Waals surface area contributed by atoms with Crippen molar-refractivity contribution in [3.63, 3.8) is 0 Å². The predicted molar refractivity (Wildman–Crippen MR) is 87.6 cm³/mol. The molecule has 3 aromatic rings. The molecule has 0 fully saturated rings. The number of anilines is 1. The summed E-state index contributed by atoms with van der Waals surface area (Å²) in [4.78, 5) is 0. The largest absolute Gasteiger partial charge is 0.383 e. The lowest BCUT2D eigenvalue weighted by Gasteiger charge is -2.06. The van der Waals surface area contributed by atoms with Crippen LogP contribution in [0.1, 0.15) is 0 Å². The maximum atomic E-state index is 5.95. The molecule has 0 spiro atoms. The van der Waals surface area contributed by atoms with Crippen LogP contribution in [-0.4, -0.2) is 16.3 Å². The summed E-state index contributed by atoms with van der Waals surface area (Å²) in [7, 11) is 0. The van der Waals surface area contributed by atoms with Gasteiger partial charge in [-0.15, -0.1) is 0 Å². The number of halogens is 1. The van der Waals surface area contributed by atoms with Gasteiger partial charge in [-0.1, -0.05) is 48.0 Å². The van der Waals surface area contributed by atoms with E-state index in [1.54, 1.807) is 0 Å². The summed E-state index contributed by atoms with van der Waals surface area (Å²) in [6, 6.07) is 18.0. The maximum absolute atomic E-state index is 5.95. The molecule has 0 aliphatic heterocycles. The highest BCUT2D eigenvalue weighted by atomic mass is 35.5. The topological polar surface area (TPSA) is 29.9 Å².